The first-order chi connectivity index (χ1) is 16.6. The van der Waals surface area contributed by atoms with Crippen LogP contribution in [0.5, 0.6) is 17.2 Å². The summed E-state index contributed by atoms with van der Waals surface area (Å²) in [6.45, 7) is 1.75. The minimum absolute atomic E-state index is 0.151. The zero-order chi connectivity index (χ0) is 23.5. The van der Waals surface area contributed by atoms with Crippen molar-refractivity contribution in [1.82, 2.24) is 15.0 Å². The molecular weight excluding hydrogens is 430 g/mol. The molecule has 0 fully saturated rings. The number of hydrogen-bond donors (Lipinski definition) is 1. The second-order valence-corrected chi connectivity index (χ2v) is 7.65. The van der Waals surface area contributed by atoms with Crippen LogP contribution in [0.4, 0.5) is 0 Å². The molecule has 1 unspecified atom stereocenters. The predicted octanol–water partition coefficient (Wildman–Crippen LogP) is 5.16. The predicted molar refractivity (Wildman–Crippen MR) is 128 cm³/mol. The summed E-state index contributed by atoms with van der Waals surface area (Å²) in [6, 6.07) is 28.4. The molecule has 0 aliphatic rings. The van der Waals surface area contributed by atoms with Gasteiger partial charge in [0.15, 0.2) is 5.78 Å². The van der Waals surface area contributed by atoms with Crippen molar-refractivity contribution in [3.8, 4) is 22.9 Å². The van der Waals surface area contributed by atoms with E-state index in [0.29, 0.717) is 17.1 Å². The fourth-order valence-corrected chi connectivity index (χ4v) is 3.56. The standard InChI is InChI=1S/C27H21N3O4/c1-18(34-22-15-16-23(26(31)17-22)27(32)19-7-3-2-4-8-19)33-21-13-11-20(12-14-21)30-28-24-9-5-6-10-25(24)29-30/h2-18,31H,1H3. The number of aromatic nitrogens is 3. The van der Waals surface area contributed by atoms with Crippen molar-refractivity contribution in [2.75, 3.05) is 0 Å². The van der Waals surface area contributed by atoms with Crippen molar-refractivity contribution in [2.24, 2.45) is 0 Å². The number of nitrogens with zero attached hydrogens (tertiary/aromatic N) is 3. The Labute approximate surface area is 195 Å². The maximum Gasteiger partial charge on any atom is 0.238 e. The number of hydrogen-bond acceptors (Lipinski definition) is 6. The van der Waals surface area contributed by atoms with Gasteiger partial charge in [-0.3, -0.25) is 4.79 Å². The Balaban J connectivity index is 1.24. The van der Waals surface area contributed by atoms with E-state index in [2.05, 4.69) is 10.2 Å². The summed E-state index contributed by atoms with van der Waals surface area (Å²) in [6.07, 6.45) is -0.633. The van der Waals surface area contributed by atoms with Gasteiger partial charge in [-0.05, 0) is 48.5 Å². The Morgan fingerprint density at radius 2 is 1.38 bits per heavy atom. The lowest BCUT2D eigenvalue weighted by atomic mass is 10.0. The van der Waals surface area contributed by atoms with Crippen molar-refractivity contribution in [1.29, 1.82) is 0 Å². The molecule has 1 heterocycles. The Bertz CT molecular complexity index is 1410. The quantitative estimate of drug-likeness (QED) is 0.272. The molecule has 7 nitrogen and oxygen atoms in total. The first kappa shape index (κ1) is 21.2. The summed E-state index contributed by atoms with van der Waals surface area (Å²) < 4.78 is 11.6. The molecular formula is C27H21N3O4. The molecule has 0 saturated carbocycles. The normalized spacial score (nSPS) is 11.8. The molecule has 1 aromatic heterocycles. The molecule has 34 heavy (non-hydrogen) atoms. The van der Waals surface area contributed by atoms with E-state index in [1.165, 1.54) is 6.07 Å². The van der Waals surface area contributed by atoms with Gasteiger partial charge in [-0.2, -0.15) is 4.80 Å². The van der Waals surface area contributed by atoms with E-state index >= 15 is 0 Å². The fourth-order valence-electron chi connectivity index (χ4n) is 3.56. The highest BCUT2D eigenvalue weighted by molar-refractivity contribution is 6.10. The van der Waals surface area contributed by atoms with Gasteiger partial charge in [-0.1, -0.05) is 42.5 Å². The highest BCUT2D eigenvalue weighted by Crippen LogP contribution is 2.27. The van der Waals surface area contributed by atoms with Crippen LogP contribution in [0.25, 0.3) is 16.7 Å². The van der Waals surface area contributed by atoms with Crippen LogP contribution in [0, 0.1) is 0 Å². The number of carbonyl (C=O) groups excluding carboxylic acids is 1. The van der Waals surface area contributed by atoms with Crippen molar-refractivity contribution < 1.29 is 19.4 Å². The van der Waals surface area contributed by atoms with Gasteiger partial charge in [0.2, 0.25) is 6.29 Å². The Kier molecular flexibility index (Phi) is 5.66. The van der Waals surface area contributed by atoms with Crippen molar-refractivity contribution in [3.05, 3.63) is 108 Å². The van der Waals surface area contributed by atoms with Crippen LogP contribution in [0.15, 0.2) is 97.1 Å². The molecule has 1 N–H and O–H groups in total. The molecule has 0 aliphatic carbocycles. The van der Waals surface area contributed by atoms with Crippen LogP contribution >= 0.6 is 0 Å². The van der Waals surface area contributed by atoms with E-state index in [4.69, 9.17) is 9.47 Å². The van der Waals surface area contributed by atoms with Gasteiger partial charge in [0, 0.05) is 18.6 Å². The largest absolute Gasteiger partial charge is 0.507 e. The zero-order valence-electron chi connectivity index (χ0n) is 18.3. The van der Waals surface area contributed by atoms with Crippen LogP contribution in [0.3, 0.4) is 0 Å². The van der Waals surface area contributed by atoms with Crippen LogP contribution in [0.2, 0.25) is 0 Å². The molecule has 7 heteroatoms. The van der Waals surface area contributed by atoms with Crippen LogP contribution in [-0.2, 0) is 0 Å². The molecule has 0 spiro atoms. The van der Waals surface area contributed by atoms with Gasteiger partial charge in [0.1, 0.15) is 28.3 Å². The van der Waals surface area contributed by atoms with E-state index in [9.17, 15) is 9.90 Å². The number of rotatable bonds is 7. The summed E-state index contributed by atoms with van der Waals surface area (Å²) in [5.41, 5.74) is 3.17. The Morgan fingerprint density at radius 1 is 0.794 bits per heavy atom. The van der Waals surface area contributed by atoms with Crippen LogP contribution in [0.1, 0.15) is 22.8 Å². The maximum absolute atomic E-state index is 12.6. The molecule has 1 atom stereocenters. The lowest BCUT2D eigenvalue weighted by Crippen LogP contribution is -2.19. The smallest absolute Gasteiger partial charge is 0.238 e. The Hall–Kier alpha value is -4.65. The fraction of sp³-hybridized carbons (Fsp3) is 0.0741. The molecule has 4 aromatic carbocycles. The third kappa shape index (κ3) is 4.45. The lowest BCUT2D eigenvalue weighted by Gasteiger charge is -2.17. The minimum Gasteiger partial charge on any atom is -0.507 e. The average Bonchev–Trinajstić information content (AvgIpc) is 3.29. The summed E-state index contributed by atoms with van der Waals surface area (Å²) in [5, 5.41) is 19.3. The van der Waals surface area contributed by atoms with Gasteiger partial charge in [0.05, 0.1) is 11.3 Å². The number of ether oxygens (including phenoxy) is 2. The van der Waals surface area contributed by atoms with Gasteiger partial charge in [-0.15, -0.1) is 10.2 Å². The monoisotopic (exact) mass is 451 g/mol. The van der Waals surface area contributed by atoms with Crippen LogP contribution < -0.4 is 9.47 Å². The topological polar surface area (TPSA) is 86.5 Å². The molecule has 0 aliphatic heterocycles. The van der Waals surface area contributed by atoms with E-state index in [-0.39, 0.29) is 17.1 Å². The van der Waals surface area contributed by atoms with Gasteiger partial charge >= 0.3 is 0 Å². The second kappa shape index (κ2) is 9.07. The summed E-state index contributed by atoms with van der Waals surface area (Å²) >= 11 is 0. The first-order valence-corrected chi connectivity index (χ1v) is 10.8. The molecule has 5 aromatic rings. The lowest BCUT2D eigenvalue weighted by molar-refractivity contribution is 0.0222. The number of fused-ring (bicyclic) bond motifs is 1. The number of phenolic OH excluding ortho intramolecular Hbond substituents is 1. The second-order valence-electron chi connectivity index (χ2n) is 7.65. The van der Waals surface area contributed by atoms with Gasteiger partial charge in [-0.25, -0.2) is 0 Å². The first-order valence-electron chi connectivity index (χ1n) is 10.8. The molecule has 5 rings (SSSR count). The van der Waals surface area contributed by atoms with Crippen LogP contribution in [-0.4, -0.2) is 32.2 Å². The number of aromatic hydroxyl groups is 1. The molecule has 0 amide bonds. The molecule has 168 valence electrons. The van der Waals surface area contributed by atoms with E-state index in [1.54, 1.807) is 48.1 Å². The minimum atomic E-state index is -0.633. The van der Waals surface area contributed by atoms with Crippen molar-refractivity contribution in [2.45, 2.75) is 13.2 Å². The average molecular weight is 451 g/mol. The summed E-state index contributed by atoms with van der Waals surface area (Å²) in [4.78, 5) is 14.2. The zero-order valence-corrected chi connectivity index (χ0v) is 18.3. The number of phenols is 1. The molecule has 0 saturated heterocycles. The highest BCUT2D eigenvalue weighted by atomic mass is 16.7. The maximum atomic E-state index is 12.6. The summed E-state index contributed by atoms with van der Waals surface area (Å²) in [5.74, 6) is 0.586. The van der Waals surface area contributed by atoms with Gasteiger partial charge < -0.3 is 14.6 Å². The molecule has 0 radical (unpaired) electrons. The van der Waals surface area contributed by atoms with Gasteiger partial charge in [0.25, 0.3) is 0 Å². The Morgan fingerprint density at radius 3 is 2.03 bits per heavy atom. The van der Waals surface area contributed by atoms with E-state index in [1.807, 2.05) is 54.6 Å². The van der Waals surface area contributed by atoms with Crippen molar-refractivity contribution >= 4 is 16.8 Å². The molecule has 0 bridgehead atoms. The van der Waals surface area contributed by atoms with E-state index < -0.39 is 6.29 Å². The van der Waals surface area contributed by atoms with E-state index in [0.717, 1.165) is 16.7 Å². The number of ketones is 1. The third-order valence-electron chi connectivity index (χ3n) is 5.21. The van der Waals surface area contributed by atoms with Crippen molar-refractivity contribution in [3.63, 3.8) is 0 Å². The highest BCUT2D eigenvalue weighted by Gasteiger charge is 2.15. The third-order valence-corrected chi connectivity index (χ3v) is 5.21. The SMILES string of the molecule is CC(Oc1ccc(-n2nc3ccccc3n2)cc1)Oc1ccc(C(=O)c2ccccc2)c(O)c1. The number of benzene rings is 4. The summed E-state index contributed by atoms with van der Waals surface area (Å²) in [7, 11) is 0. The number of carbonyl (C=O) groups is 1.